The molecule has 1 aromatic heterocycles. The largest absolute Gasteiger partial charge is 0.378 e. The molecule has 5 nitrogen and oxygen atoms in total. The van der Waals surface area contributed by atoms with Crippen LogP contribution in [0.5, 0.6) is 0 Å². The van der Waals surface area contributed by atoms with Crippen molar-refractivity contribution < 1.29 is 4.74 Å². The molecule has 120 valence electrons. The third kappa shape index (κ3) is 2.45. The van der Waals surface area contributed by atoms with Crippen LogP contribution >= 0.6 is 0 Å². The summed E-state index contributed by atoms with van der Waals surface area (Å²) in [6.07, 6.45) is 1.83. The minimum absolute atomic E-state index is 0.0554. The second kappa shape index (κ2) is 6.06. The molecule has 5 heteroatoms. The lowest BCUT2D eigenvalue weighted by Gasteiger charge is -2.31. The molecule has 1 aromatic carbocycles. The van der Waals surface area contributed by atoms with Gasteiger partial charge in [0.1, 0.15) is 0 Å². The fourth-order valence-corrected chi connectivity index (χ4v) is 3.53. The van der Waals surface area contributed by atoms with Crippen LogP contribution in [0.2, 0.25) is 0 Å². The molecule has 0 amide bonds. The number of morpholine rings is 1. The van der Waals surface area contributed by atoms with Crippen LogP contribution in [0.25, 0.3) is 0 Å². The molecule has 0 saturated carbocycles. The van der Waals surface area contributed by atoms with Crippen molar-refractivity contribution in [2.75, 3.05) is 31.2 Å². The topological polar surface area (TPSA) is 61.5 Å². The Morgan fingerprint density at radius 2 is 2.08 bits per heavy atom. The van der Waals surface area contributed by atoms with Crippen molar-refractivity contribution in [2.24, 2.45) is 4.99 Å². The van der Waals surface area contributed by atoms with Crippen LogP contribution in [0.15, 0.2) is 41.5 Å². The van der Waals surface area contributed by atoms with Gasteiger partial charge in [-0.1, -0.05) is 12.1 Å². The van der Waals surface area contributed by atoms with E-state index in [2.05, 4.69) is 33.1 Å². The van der Waals surface area contributed by atoms with Gasteiger partial charge in [0.2, 0.25) is 0 Å². The first kappa shape index (κ1) is 14.9. The number of anilines is 1. The average molecular weight is 318 g/mol. The van der Waals surface area contributed by atoms with Gasteiger partial charge in [0.05, 0.1) is 30.8 Å². The summed E-state index contributed by atoms with van der Waals surface area (Å²) in [5, 5.41) is 9.21. The smallest absolute Gasteiger partial charge is 0.158 e. The first-order valence-corrected chi connectivity index (χ1v) is 8.15. The molecule has 1 atom stereocenters. The lowest BCUT2D eigenvalue weighted by atomic mass is 9.88. The summed E-state index contributed by atoms with van der Waals surface area (Å²) in [5.41, 5.74) is 5.11. The first-order valence-electron chi connectivity index (χ1n) is 8.15. The number of hydrogen-bond acceptors (Lipinski definition) is 5. The summed E-state index contributed by atoms with van der Waals surface area (Å²) in [6.45, 7) is 5.27. The molecule has 0 radical (unpaired) electrons. The molecule has 3 heterocycles. The summed E-state index contributed by atoms with van der Waals surface area (Å²) in [7, 11) is 0. The molecule has 0 bridgehead atoms. The highest BCUT2D eigenvalue weighted by molar-refractivity contribution is 6.00. The second-order valence-electron chi connectivity index (χ2n) is 6.09. The molecule has 0 spiro atoms. The molecule has 4 rings (SSSR count). The van der Waals surface area contributed by atoms with Gasteiger partial charge in [-0.2, -0.15) is 5.26 Å². The predicted molar refractivity (Wildman–Crippen MR) is 93.0 cm³/mol. The zero-order chi connectivity index (χ0) is 16.5. The molecule has 2 aliphatic rings. The van der Waals surface area contributed by atoms with Crippen LogP contribution in [-0.2, 0) is 4.74 Å². The van der Waals surface area contributed by atoms with Crippen LogP contribution in [0.4, 0.5) is 11.5 Å². The van der Waals surface area contributed by atoms with Gasteiger partial charge in [0.15, 0.2) is 5.82 Å². The second-order valence-corrected chi connectivity index (χ2v) is 6.09. The summed E-state index contributed by atoms with van der Waals surface area (Å²) < 4.78 is 5.48. The molecule has 0 N–H and O–H groups in total. The fraction of sp³-hybridized carbons (Fsp3) is 0.316. The molecule has 2 aromatic rings. The standard InChI is InChI=1S/C19H18N4O/c1-13-17(15-4-2-3-14(11-15)12-20)18-16(5-6-21-19(18)22-13)23-7-9-24-10-8-23/h2-6,11,17H,7-10H2,1H3. The Hall–Kier alpha value is -2.71. The third-order valence-corrected chi connectivity index (χ3v) is 4.64. The average Bonchev–Trinajstić information content (AvgIpc) is 2.98. The van der Waals surface area contributed by atoms with E-state index in [0.717, 1.165) is 49.0 Å². The highest BCUT2D eigenvalue weighted by atomic mass is 16.5. The van der Waals surface area contributed by atoms with Gasteiger partial charge in [0, 0.05) is 36.2 Å². The van der Waals surface area contributed by atoms with Crippen LogP contribution in [0.3, 0.4) is 0 Å². The maximum absolute atomic E-state index is 9.21. The summed E-state index contributed by atoms with van der Waals surface area (Å²) >= 11 is 0. The highest BCUT2D eigenvalue weighted by Crippen LogP contribution is 2.44. The van der Waals surface area contributed by atoms with E-state index in [4.69, 9.17) is 4.74 Å². The molecular formula is C19H18N4O. The van der Waals surface area contributed by atoms with Crippen molar-refractivity contribution >= 4 is 17.2 Å². The number of benzene rings is 1. The number of aliphatic imine (C=N–C) groups is 1. The Kier molecular flexibility index (Phi) is 3.75. The van der Waals surface area contributed by atoms with Crippen molar-refractivity contribution in [2.45, 2.75) is 12.8 Å². The molecule has 1 unspecified atom stereocenters. The van der Waals surface area contributed by atoms with Crippen molar-refractivity contribution in [3.05, 3.63) is 53.2 Å². The third-order valence-electron chi connectivity index (χ3n) is 4.64. The Morgan fingerprint density at radius 1 is 1.25 bits per heavy atom. The normalized spacial score (nSPS) is 19.6. The van der Waals surface area contributed by atoms with Gasteiger partial charge in [-0.3, -0.25) is 0 Å². The zero-order valence-corrected chi connectivity index (χ0v) is 13.6. The number of ether oxygens (including phenoxy) is 1. The molecule has 1 saturated heterocycles. The summed E-state index contributed by atoms with van der Waals surface area (Å²) in [6, 6.07) is 12.1. The van der Waals surface area contributed by atoms with Gasteiger partial charge in [-0.05, 0) is 30.7 Å². The molecule has 24 heavy (non-hydrogen) atoms. The number of hydrogen-bond donors (Lipinski definition) is 0. The fourth-order valence-electron chi connectivity index (χ4n) is 3.53. The Labute approximate surface area is 141 Å². The molecular weight excluding hydrogens is 300 g/mol. The molecule has 2 aliphatic heterocycles. The monoisotopic (exact) mass is 318 g/mol. The summed E-state index contributed by atoms with van der Waals surface area (Å²) in [4.78, 5) is 11.5. The number of nitriles is 1. The molecule has 1 fully saturated rings. The number of aromatic nitrogens is 1. The van der Waals surface area contributed by atoms with E-state index in [0.29, 0.717) is 5.56 Å². The van der Waals surface area contributed by atoms with E-state index in [-0.39, 0.29) is 5.92 Å². The van der Waals surface area contributed by atoms with Crippen LogP contribution in [-0.4, -0.2) is 37.0 Å². The first-order chi connectivity index (χ1) is 11.8. The molecule has 0 aliphatic carbocycles. The van der Waals surface area contributed by atoms with Crippen LogP contribution in [0.1, 0.15) is 29.5 Å². The van der Waals surface area contributed by atoms with Gasteiger partial charge in [0.25, 0.3) is 0 Å². The minimum Gasteiger partial charge on any atom is -0.378 e. The Bertz CT molecular complexity index is 847. The Balaban J connectivity index is 1.82. The minimum atomic E-state index is 0.0554. The SMILES string of the molecule is CC1=Nc2nccc(N3CCOCC3)c2C1c1cccc(C#N)c1. The van der Waals surface area contributed by atoms with Gasteiger partial charge in [-0.25, -0.2) is 9.98 Å². The lowest BCUT2D eigenvalue weighted by Crippen LogP contribution is -2.37. The summed E-state index contributed by atoms with van der Waals surface area (Å²) in [5.74, 6) is 0.851. The van der Waals surface area contributed by atoms with E-state index in [9.17, 15) is 5.26 Å². The van der Waals surface area contributed by atoms with Crippen molar-refractivity contribution in [3.8, 4) is 6.07 Å². The number of rotatable bonds is 2. The number of pyridine rings is 1. The lowest BCUT2D eigenvalue weighted by molar-refractivity contribution is 0.122. The predicted octanol–water partition coefficient (Wildman–Crippen LogP) is 3.03. The van der Waals surface area contributed by atoms with Crippen LogP contribution < -0.4 is 4.90 Å². The van der Waals surface area contributed by atoms with E-state index in [1.807, 2.05) is 31.3 Å². The Morgan fingerprint density at radius 3 is 2.88 bits per heavy atom. The van der Waals surface area contributed by atoms with Gasteiger partial charge in [-0.15, -0.1) is 0 Å². The van der Waals surface area contributed by atoms with Gasteiger partial charge < -0.3 is 9.64 Å². The van der Waals surface area contributed by atoms with Crippen molar-refractivity contribution in [1.82, 2.24) is 4.98 Å². The van der Waals surface area contributed by atoms with Crippen molar-refractivity contribution in [3.63, 3.8) is 0 Å². The van der Waals surface area contributed by atoms with Crippen molar-refractivity contribution in [1.29, 1.82) is 5.26 Å². The number of nitrogens with zero attached hydrogens (tertiary/aromatic N) is 4. The number of fused-ring (bicyclic) bond motifs is 1. The van der Waals surface area contributed by atoms with E-state index < -0.39 is 0 Å². The van der Waals surface area contributed by atoms with Gasteiger partial charge >= 0.3 is 0 Å². The quantitative estimate of drug-likeness (QED) is 0.854. The highest BCUT2D eigenvalue weighted by Gasteiger charge is 2.31. The zero-order valence-electron chi connectivity index (χ0n) is 13.6. The van der Waals surface area contributed by atoms with E-state index in [1.165, 1.54) is 5.69 Å². The maximum atomic E-state index is 9.21. The van der Waals surface area contributed by atoms with E-state index >= 15 is 0 Å². The maximum Gasteiger partial charge on any atom is 0.158 e. The van der Waals surface area contributed by atoms with E-state index in [1.54, 1.807) is 0 Å². The van der Waals surface area contributed by atoms with Crippen LogP contribution in [0, 0.1) is 11.3 Å².